The maximum absolute atomic E-state index is 12.2. The third-order valence-corrected chi connectivity index (χ3v) is 4.78. The SMILES string of the molecule is CC(CN1CCN(c2ccccc2)CC1)NC(=O)Cc1ccc(N)cc1. The minimum atomic E-state index is 0.0604. The van der Waals surface area contributed by atoms with Crippen LogP contribution in [0.5, 0.6) is 0 Å². The molecule has 2 aromatic rings. The molecule has 0 saturated carbocycles. The lowest BCUT2D eigenvalue weighted by Gasteiger charge is -2.37. The molecule has 0 spiro atoms. The summed E-state index contributed by atoms with van der Waals surface area (Å²) < 4.78 is 0. The molecule has 0 aliphatic carbocycles. The number of amides is 1. The molecule has 3 N–H and O–H groups in total. The fourth-order valence-electron chi connectivity index (χ4n) is 3.41. The molecule has 1 saturated heterocycles. The van der Waals surface area contributed by atoms with Gasteiger partial charge >= 0.3 is 0 Å². The summed E-state index contributed by atoms with van der Waals surface area (Å²) in [5.74, 6) is 0.0604. The van der Waals surface area contributed by atoms with Crippen molar-refractivity contribution in [1.29, 1.82) is 0 Å². The van der Waals surface area contributed by atoms with Crippen molar-refractivity contribution in [3.8, 4) is 0 Å². The Balaban J connectivity index is 1.40. The Kier molecular flexibility index (Phi) is 6.12. The molecule has 26 heavy (non-hydrogen) atoms. The van der Waals surface area contributed by atoms with Crippen molar-refractivity contribution in [2.75, 3.05) is 43.4 Å². The zero-order valence-corrected chi connectivity index (χ0v) is 15.4. The zero-order chi connectivity index (χ0) is 18.4. The summed E-state index contributed by atoms with van der Waals surface area (Å²) in [4.78, 5) is 17.1. The molecule has 5 heteroatoms. The van der Waals surface area contributed by atoms with Crippen molar-refractivity contribution >= 4 is 17.3 Å². The highest BCUT2D eigenvalue weighted by Gasteiger charge is 2.19. The highest BCUT2D eigenvalue weighted by Crippen LogP contribution is 2.15. The smallest absolute Gasteiger partial charge is 0.224 e. The van der Waals surface area contributed by atoms with Gasteiger partial charge in [-0.15, -0.1) is 0 Å². The van der Waals surface area contributed by atoms with Crippen molar-refractivity contribution in [3.63, 3.8) is 0 Å². The molecule has 1 unspecified atom stereocenters. The first-order valence-corrected chi connectivity index (χ1v) is 9.26. The van der Waals surface area contributed by atoms with Crippen LogP contribution in [0.2, 0.25) is 0 Å². The molecule has 1 aliphatic heterocycles. The van der Waals surface area contributed by atoms with Crippen LogP contribution >= 0.6 is 0 Å². The molecule has 0 radical (unpaired) electrons. The lowest BCUT2D eigenvalue weighted by atomic mass is 10.1. The average molecular weight is 352 g/mol. The number of hydrogen-bond donors (Lipinski definition) is 2. The van der Waals surface area contributed by atoms with Crippen LogP contribution in [0.15, 0.2) is 54.6 Å². The molecule has 1 atom stereocenters. The van der Waals surface area contributed by atoms with E-state index in [9.17, 15) is 4.79 Å². The van der Waals surface area contributed by atoms with Gasteiger partial charge in [-0.05, 0) is 36.8 Å². The van der Waals surface area contributed by atoms with E-state index in [0.29, 0.717) is 6.42 Å². The number of nitrogens with two attached hydrogens (primary N) is 1. The molecule has 3 rings (SSSR count). The third kappa shape index (κ3) is 5.23. The minimum absolute atomic E-state index is 0.0604. The number of nitrogens with zero attached hydrogens (tertiary/aromatic N) is 2. The molecule has 1 fully saturated rings. The zero-order valence-electron chi connectivity index (χ0n) is 15.4. The number of anilines is 2. The summed E-state index contributed by atoms with van der Waals surface area (Å²) in [6.45, 7) is 7.05. The first-order valence-electron chi connectivity index (χ1n) is 9.26. The van der Waals surface area contributed by atoms with Gasteiger partial charge in [0.25, 0.3) is 0 Å². The van der Waals surface area contributed by atoms with Gasteiger partial charge < -0.3 is 16.0 Å². The Labute approximate surface area is 155 Å². The van der Waals surface area contributed by atoms with Gasteiger partial charge in [-0.3, -0.25) is 9.69 Å². The lowest BCUT2D eigenvalue weighted by Crippen LogP contribution is -2.51. The summed E-state index contributed by atoms with van der Waals surface area (Å²) in [6, 6.07) is 18.2. The maximum atomic E-state index is 12.2. The summed E-state index contributed by atoms with van der Waals surface area (Å²) in [5, 5.41) is 3.11. The van der Waals surface area contributed by atoms with Crippen molar-refractivity contribution in [1.82, 2.24) is 10.2 Å². The van der Waals surface area contributed by atoms with E-state index in [1.54, 1.807) is 0 Å². The summed E-state index contributed by atoms with van der Waals surface area (Å²) in [5.41, 5.74) is 8.67. The number of piperazine rings is 1. The van der Waals surface area contributed by atoms with Crippen LogP contribution in [-0.2, 0) is 11.2 Å². The van der Waals surface area contributed by atoms with Crippen LogP contribution in [0.4, 0.5) is 11.4 Å². The van der Waals surface area contributed by atoms with Crippen LogP contribution in [-0.4, -0.2) is 49.6 Å². The topological polar surface area (TPSA) is 61.6 Å². The molecule has 138 valence electrons. The van der Waals surface area contributed by atoms with Crippen molar-refractivity contribution in [2.24, 2.45) is 0 Å². The number of carbonyl (C=O) groups is 1. The van der Waals surface area contributed by atoms with Gasteiger partial charge in [-0.1, -0.05) is 30.3 Å². The number of rotatable bonds is 6. The first kappa shape index (κ1) is 18.3. The van der Waals surface area contributed by atoms with E-state index < -0.39 is 0 Å². The molecule has 0 aromatic heterocycles. The molecular weight excluding hydrogens is 324 g/mol. The number of nitrogen functional groups attached to an aromatic ring is 1. The highest BCUT2D eigenvalue weighted by atomic mass is 16.1. The van der Waals surface area contributed by atoms with E-state index in [4.69, 9.17) is 5.73 Å². The highest BCUT2D eigenvalue weighted by molar-refractivity contribution is 5.78. The second kappa shape index (κ2) is 8.72. The summed E-state index contributed by atoms with van der Waals surface area (Å²) in [6.07, 6.45) is 0.395. The Morgan fingerprint density at radius 1 is 1.04 bits per heavy atom. The molecule has 1 heterocycles. The van der Waals surface area contributed by atoms with Crippen molar-refractivity contribution < 1.29 is 4.79 Å². The lowest BCUT2D eigenvalue weighted by molar-refractivity contribution is -0.121. The summed E-state index contributed by atoms with van der Waals surface area (Å²) in [7, 11) is 0. The number of benzene rings is 2. The Bertz CT molecular complexity index is 694. The second-order valence-corrected chi connectivity index (χ2v) is 7.01. The second-order valence-electron chi connectivity index (χ2n) is 7.01. The van der Waals surface area contributed by atoms with Crippen LogP contribution < -0.4 is 16.0 Å². The van der Waals surface area contributed by atoms with Crippen LogP contribution in [0.25, 0.3) is 0 Å². The van der Waals surface area contributed by atoms with Gasteiger partial charge in [-0.25, -0.2) is 0 Å². The molecule has 0 bridgehead atoms. The summed E-state index contributed by atoms with van der Waals surface area (Å²) >= 11 is 0. The van der Waals surface area contributed by atoms with Gasteiger partial charge in [-0.2, -0.15) is 0 Å². The number of nitrogens with one attached hydrogen (secondary N) is 1. The molecule has 1 aliphatic rings. The van der Waals surface area contributed by atoms with Crippen molar-refractivity contribution in [2.45, 2.75) is 19.4 Å². The van der Waals surface area contributed by atoms with Gasteiger partial charge in [0.1, 0.15) is 0 Å². The van der Waals surface area contributed by atoms with E-state index >= 15 is 0 Å². The van der Waals surface area contributed by atoms with E-state index in [1.165, 1.54) is 5.69 Å². The molecular formula is C21H28N4O. The molecule has 2 aromatic carbocycles. The fourth-order valence-corrected chi connectivity index (χ4v) is 3.41. The van der Waals surface area contributed by atoms with E-state index in [-0.39, 0.29) is 11.9 Å². The Morgan fingerprint density at radius 3 is 2.35 bits per heavy atom. The van der Waals surface area contributed by atoms with E-state index in [1.807, 2.05) is 24.3 Å². The number of para-hydroxylation sites is 1. The molecule has 1 amide bonds. The van der Waals surface area contributed by atoms with Gasteiger partial charge in [0.15, 0.2) is 0 Å². The van der Waals surface area contributed by atoms with E-state index in [2.05, 4.69) is 52.4 Å². The normalized spacial score (nSPS) is 16.3. The van der Waals surface area contributed by atoms with Crippen LogP contribution in [0, 0.1) is 0 Å². The van der Waals surface area contributed by atoms with Gasteiger partial charge in [0.2, 0.25) is 5.91 Å². The number of hydrogen-bond acceptors (Lipinski definition) is 4. The Morgan fingerprint density at radius 2 is 1.69 bits per heavy atom. The predicted octanol–water partition coefficient (Wildman–Crippen LogP) is 2.14. The number of carbonyl (C=O) groups excluding carboxylic acids is 1. The van der Waals surface area contributed by atoms with Crippen LogP contribution in [0.1, 0.15) is 12.5 Å². The Hall–Kier alpha value is -2.53. The van der Waals surface area contributed by atoms with Gasteiger partial charge in [0, 0.05) is 50.1 Å². The van der Waals surface area contributed by atoms with E-state index in [0.717, 1.165) is 44.0 Å². The fraction of sp³-hybridized carbons (Fsp3) is 0.381. The minimum Gasteiger partial charge on any atom is -0.399 e. The van der Waals surface area contributed by atoms with Crippen LogP contribution in [0.3, 0.4) is 0 Å². The first-order chi connectivity index (χ1) is 12.6. The maximum Gasteiger partial charge on any atom is 0.224 e. The quantitative estimate of drug-likeness (QED) is 0.782. The largest absolute Gasteiger partial charge is 0.399 e. The average Bonchev–Trinajstić information content (AvgIpc) is 2.65. The van der Waals surface area contributed by atoms with Gasteiger partial charge in [0.05, 0.1) is 6.42 Å². The third-order valence-electron chi connectivity index (χ3n) is 4.78. The van der Waals surface area contributed by atoms with Crippen molar-refractivity contribution in [3.05, 3.63) is 60.2 Å². The standard InChI is InChI=1S/C21H28N4O/c1-17(23-21(26)15-18-7-9-19(22)10-8-18)16-24-11-13-25(14-12-24)20-5-3-2-4-6-20/h2-10,17H,11-16,22H2,1H3,(H,23,26). The predicted molar refractivity (Wildman–Crippen MR) is 107 cm³/mol. The monoisotopic (exact) mass is 352 g/mol. The molecule has 5 nitrogen and oxygen atoms in total.